The molecule has 0 aliphatic carbocycles. The van der Waals surface area contributed by atoms with Crippen LogP contribution in [0, 0.1) is 0 Å². The van der Waals surface area contributed by atoms with Gasteiger partial charge >= 0.3 is 7.82 Å². The quantitative estimate of drug-likeness (QED) is 0.0243. The molecular weight excluding hydrogens is 948 g/mol. The molecule has 0 aliphatic rings. The average Bonchev–Trinajstić information content (AvgIpc) is 3.37. The SMILES string of the molecule is CCCCCCC/C=C\C/C=C\CCCCCCCCCCCCCCCCCCCCCC(=O)NC(COP(=O)(O)OCC[N+](C)(C)C)C(O)CCCCCCCCCCCCCCCCCCCCCCCC. The summed E-state index contributed by atoms with van der Waals surface area (Å²) >= 11 is 0. The summed E-state index contributed by atoms with van der Waals surface area (Å²) in [4.78, 5) is 23.4. The number of aliphatic hydroxyl groups excluding tert-OH is 1. The molecule has 0 saturated heterocycles. The summed E-state index contributed by atoms with van der Waals surface area (Å²) in [5.74, 6) is -0.137. The number of nitrogens with zero attached hydrogens (tertiary/aromatic N) is 1. The lowest BCUT2D eigenvalue weighted by Gasteiger charge is -2.26. The Morgan fingerprint density at radius 1 is 0.453 bits per heavy atom. The molecule has 0 fully saturated rings. The summed E-state index contributed by atoms with van der Waals surface area (Å²) in [6.45, 7) is 4.93. The molecule has 3 N–H and O–H groups in total. The summed E-state index contributed by atoms with van der Waals surface area (Å²) in [5, 5.41) is 14.1. The lowest BCUT2D eigenvalue weighted by Crippen LogP contribution is -2.46. The van der Waals surface area contributed by atoms with Crippen molar-refractivity contribution in [1.29, 1.82) is 0 Å². The van der Waals surface area contributed by atoms with E-state index in [1.54, 1.807) is 0 Å². The molecule has 0 bridgehead atoms. The first-order valence-corrected chi connectivity index (χ1v) is 34.7. The zero-order chi connectivity index (χ0) is 54.9. The number of likely N-dealkylation sites (N-methyl/N-ethyl adjacent to an activating group) is 1. The summed E-state index contributed by atoms with van der Waals surface area (Å²) in [7, 11) is 1.63. The van der Waals surface area contributed by atoms with Crippen molar-refractivity contribution in [2.45, 2.75) is 353 Å². The predicted octanol–water partition coefficient (Wildman–Crippen LogP) is 20.7. The van der Waals surface area contributed by atoms with Gasteiger partial charge in [-0.1, -0.05) is 314 Å². The van der Waals surface area contributed by atoms with Crippen molar-refractivity contribution in [3.05, 3.63) is 24.3 Å². The average molecular weight is 1080 g/mol. The molecule has 0 aromatic heterocycles. The van der Waals surface area contributed by atoms with E-state index in [1.165, 1.54) is 270 Å². The monoisotopic (exact) mass is 1080 g/mol. The summed E-state index contributed by atoms with van der Waals surface area (Å²) in [5.41, 5.74) is 0. The maximum atomic E-state index is 13.1. The first-order valence-electron chi connectivity index (χ1n) is 33.2. The molecule has 446 valence electrons. The van der Waals surface area contributed by atoms with E-state index in [0.717, 1.165) is 44.9 Å². The van der Waals surface area contributed by atoms with E-state index >= 15 is 0 Å². The third-order valence-electron chi connectivity index (χ3n) is 15.5. The number of phosphoric ester groups is 1. The number of aliphatic hydroxyl groups is 1. The van der Waals surface area contributed by atoms with Crippen molar-refractivity contribution >= 4 is 13.7 Å². The maximum absolute atomic E-state index is 13.1. The van der Waals surface area contributed by atoms with Crippen LogP contribution in [-0.4, -0.2) is 73.4 Å². The molecule has 0 aromatic rings. The minimum atomic E-state index is -4.33. The van der Waals surface area contributed by atoms with Gasteiger partial charge in [0.15, 0.2) is 0 Å². The van der Waals surface area contributed by atoms with Crippen molar-refractivity contribution in [1.82, 2.24) is 5.32 Å². The first-order chi connectivity index (χ1) is 36.5. The molecule has 0 saturated carbocycles. The largest absolute Gasteiger partial charge is 0.472 e. The second-order valence-corrected chi connectivity index (χ2v) is 25.7. The van der Waals surface area contributed by atoms with Crippen LogP contribution in [0.1, 0.15) is 341 Å². The van der Waals surface area contributed by atoms with Crippen LogP contribution >= 0.6 is 7.82 Å². The summed E-state index contributed by atoms with van der Waals surface area (Å²) < 4.78 is 23.9. The smallest absolute Gasteiger partial charge is 0.391 e. The topological polar surface area (TPSA) is 105 Å². The van der Waals surface area contributed by atoms with Crippen LogP contribution in [-0.2, 0) is 18.4 Å². The Labute approximate surface area is 468 Å². The van der Waals surface area contributed by atoms with Crippen molar-refractivity contribution in [2.24, 2.45) is 0 Å². The van der Waals surface area contributed by atoms with Crippen LogP contribution in [0.4, 0.5) is 0 Å². The van der Waals surface area contributed by atoms with Crippen LogP contribution in [0.2, 0.25) is 0 Å². The summed E-state index contributed by atoms with van der Waals surface area (Å²) in [6.07, 6.45) is 74.0. The highest BCUT2D eigenvalue weighted by Crippen LogP contribution is 2.43. The molecule has 9 heteroatoms. The fraction of sp³-hybridized carbons (Fsp3) is 0.924. The number of unbranched alkanes of at least 4 members (excludes halogenated alkanes) is 45. The van der Waals surface area contributed by atoms with Gasteiger partial charge in [0, 0.05) is 6.42 Å². The number of nitrogens with one attached hydrogen (secondary N) is 1. The van der Waals surface area contributed by atoms with Gasteiger partial charge in [-0.05, 0) is 44.9 Å². The van der Waals surface area contributed by atoms with Crippen LogP contribution < -0.4 is 5.32 Å². The highest BCUT2D eigenvalue weighted by Gasteiger charge is 2.28. The minimum Gasteiger partial charge on any atom is -0.391 e. The van der Waals surface area contributed by atoms with Gasteiger partial charge in [0.1, 0.15) is 13.2 Å². The van der Waals surface area contributed by atoms with Gasteiger partial charge in [0.05, 0.1) is 39.9 Å². The number of hydrogen-bond donors (Lipinski definition) is 3. The Hall–Kier alpha value is -1.02. The van der Waals surface area contributed by atoms with E-state index in [9.17, 15) is 19.4 Å². The Morgan fingerprint density at radius 2 is 0.760 bits per heavy atom. The van der Waals surface area contributed by atoms with Gasteiger partial charge in [-0.3, -0.25) is 13.8 Å². The van der Waals surface area contributed by atoms with Gasteiger partial charge in [0.2, 0.25) is 5.91 Å². The van der Waals surface area contributed by atoms with Crippen molar-refractivity contribution in [3.8, 4) is 0 Å². The Kier molecular flexibility index (Phi) is 56.9. The Bertz CT molecular complexity index is 1270. The number of rotatable bonds is 62. The Morgan fingerprint density at radius 3 is 1.09 bits per heavy atom. The highest BCUT2D eigenvalue weighted by molar-refractivity contribution is 7.47. The number of carbonyl (C=O) groups excluding carboxylic acids is 1. The van der Waals surface area contributed by atoms with Crippen molar-refractivity contribution in [2.75, 3.05) is 40.9 Å². The molecule has 8 nitrogen and oxygen atoms in total. The lowest BCUT2D eigenvalue weighted by molar-refractivity contribution is -0.870. The second kappa shape index (κ2) is 57.7. The molecule has 1 amide bonds. The maximum Gasteiger partial charge on any atom is 0.472 e. The van der Waals surface area contributed by atoms with E-state index in [-0.39, 0.29) is 19.1 Å². The number of carbonyl (C=O) groups is 1. The van der Waals surface area contributed by atoms with Gasteiger partial charge < -0.3 is 19.8 Å². The fourth-order valence-electron chi connectivity index (χ4n) is 10.3. The van der Waals surface area contributed by atoms with E-state index in [0.29, 0.717) is 23.9 Å². The molecule has 75 heavy (non-hydrogen) atoms. The molecule has 3 unspecified atom stereocenters. The van der Waals surface area contributed by atoms with Gasteiger partial charge in [-0.15, -0.1) is 0 Å². The van der Waals surface area contributed by atoms with Crippen molar-refractivity contribution in [3.63, 3.8) is 0 Å². The lowest BCUT2D eigenvalue weighted by atomic mass is 10.0. The van der Waals surface area contributed by atoms with Crippen LogP contribution in [0.5, 0.6) is 0 Å². The van der Waals surface area contributed by atoms with Crippen molar-refractivity contribution < 1.29 is 32.9 Å². The highest BCUT2D eigenvalue weighted by atomic mass is 31.2. The van der Waals surface area contributed by atoms with Gasteiger partial charge in [-0.2, -0.15) is 0 Å². The zero-order valence-electron chi connectivity index (χ0n) is 51.1. The molecule has 3 atom stereocenters. The zero-order valence-corrected chi connectivity index (χ0v) is 52.0. The van der Waals surface area contributed by atoms with E-state index in [2.05, 4.69) is 43.5 Å². The van der Waals surface area contributed by atoms with Crippen LogP contribution in [0.3, 0.4) is 0 Å². The number of quaternary nitrogens is 1. The standard InChI is InChI=1S/C66H131N2O6P/c1-6-8-10-12-14-16-18-20-22-24-26-28-30-31-32-33-34-35-36-37-38-40-42-44-46-48-50-52-54-56-58-60-66(70)67-64(63-74-75(71,72)73-62-61-68(3,4)5)65(69)59-57-55-53-51-49-47-45-43-41-39-29-27-25-23-21-19-17-15-13-11-9-7-2/h18,20,24,26,64-65,69H,6-17,19,21-23,25,27-63H2,1-5H3,(H-,67,70,71,72)/p+1/b20-18-,26-24-. The number of allylic oxidation sites excluding steroid dienone is 4. The number of amides is 1. The number of hydrogen-bond acceptors (Lipinski definition) is 5. The summed E-state index contributed by atoms with van der Waals surface area (Å²) in [6, 6.07) is -0.759. The first kappa shape index (κ1) is 74.0. The van der Waals surface area contributed by atoms with E-state index in [1.807, 2.05) is 21.1 Å². The normalized spacial score (nSPS) is 13.9. The molecule has 0 aliphatic heterocycles. The third kappa shape index (κ3) is 60.5. The minimum absolute atomic E-state index is 0.0774. The number of phosphoric acid groups is 1. The third-order valence-corrected chi connectivity index (χ3v) is 16.4. The van der Waals surface area contributed by atoms with E-state index in [4.69, 9.17) is 9.05 Å². The predicted molar refractivity (Wildman–Crippen MR) is 328 cm³/mol. The molecule has 0 heterocycles. The molecular formula is C66H132N2O6P+. The molecule has 0 spiro atoms. The Balaban J connectivity index is 4.02. The van der Waals surface area contributed by atoms with Gasteiger partial charge in [0.25, 0.3) is 0 Å². The van der Waals surface area contributed by atoms with Crippen LogP contribution in [0.25, 0.3) is 0 Å². The molecule has 0 rings (SSSR count). The van der Waals surface area contributed by atoms with Crippen LogP contribution in [0.15, 0.2) is 24.3 Å². The fourth-order valence-corrected chi connectivity index (χ4v) is 11.0. The molecule has 0 radical (unpaired) electrons. The molecule has 0 aromatic carbocycles. The van der Waals surface area contributed by atoms with Gasteiger partial charge in [-0.25, -0.2) is 4.57 Å². The second-order valence-electron chi connectivity index (χ2n) is 24.2. The van der Waals surface area contributed by atoms with E-state index < -0.39 is 20.0 Å².